The number of methoxy groups -OCH3 is 1. The Kier molecular flexibility index (Phi) is 7.69. The van der Waals surface area contributed by atoms with Crippen LogP contribution in [0.1, 0.15) is 53.1 Å². The molecule has 1 aromatic heterocycles. The zero-order valence-electron chi connectivity index (χ0n) is 17.4. The third-order valence-corrected chi connectivity index (χ3v) is 10.7. The molecule has 2 atom stereocenters. The van der Waals surface area contributed by atoms with E-state index in [1.807, 2.05) is 20.8 Å². The molecule has 26 heavy (non-hydrogen) atoms. The number of nitrogens with zero attached hydrogens (tertiary/aromatic N) is 1. The molecule has 0 aromatic carbocycles. The number of rotatable bonds is 7. The van der Waals surface area contributed by atoms with Crippen LogP contribution in [0.15, 0.2) is 12.3 Å². The Labute approximate surface area is 161 Å². The Hall–Kier alpha value is -0.673. The first-order valence-corrected chi connectivity index (χ1v) is 12.8. The summed E-state index contributed by atoms with van der Waals surface area (Å²) in [5, 5.41) is 0.0327. The first-order chi connectivity index (χ1) is 11.7. The zero-order chi connectivity index (χ0) is 20.3. The van der Waals surface area contributed by atoms with Crippen LogP contribution in [0.4, 0.5) is 4.39 Å². The van der Waals surface area contributed by atoms with Gasteiger partial charge >= 0.3 is 0 Å². The molecule has 0 fully saturated rings. The molecule has 150 valence electrons. The van der Waals surface area contributed by atoms with Gasteiger partial charge in [-0.1, -0.05) is 20.8 Å². The van der Waals surface area contributed by atoms with Crippen LogP contribution < -0.4 is 9.46 Å². The van der Waals surface area contributed by atoms with E-state index < -0.39 is 36.3 Å². The van der Waals surface area contributed by atoms with Crippen molar-refractivity contribution < 1.29 is 18.1 Å². The number of hydrogen-bond acceptors (Lipinski definition) is 5. The van der Waals surface area contributed by atoms with E-state index in [4.69, 9.17) is 9.16 Å². The van der Waals surface area contributed by atoms with Gasteiger partial charge in [0.1, 0.15) is 16.6 Å². The number of pyridine rings is 1. The molecule has 0 aliphatic heterocycles. The average molecular weight is 405 g/mol. The second-order valence-electron chi connectivity index (χ2n) is 8.87. The maximum absolute atomic E-state index is 13.8. The summed E-state index contributed by atoms with van der Waals surface area (Å²) >= 11 is -1.35. The van der Waals surface area contributed by atoms with Gasteiger partial charge < -0.3 is 13.7 Å². The zero-order valence-corrected chi connectivity index (χ0v) is 19.2. The number of nitrogens with one attached hydrogen (secondary N) is 1. The van der Waals surface area contributed by atoms with Crippen LogP contribution in [0.25, 0.3) is 0 Å². The van der Waals surface area contributed by atoms with E-state index in [0.29, 0.717) is 11.4 Å². The van der Waals surface area contributed by atoms with Crippen LogP contribution in [-0.4, -0.2) is 36.3 Å². The summed E-state index contributed by atoms with van der Waals surface area (Å²) in [7, 11) is -0.550. The molecular weight excluding hydrogens is 371 g/mol. The fourth-order valence-electron chi connectivity index (χ4n) is 1.86. The Morgan fingerprint density at radius 1 is 1.27 bits per heavy atom. The molecule has 0 spiro atoms. The smallest absolute Gasteiger partial charge is 0.218 e. The van der Waals surface area contributed by atoms with Gasteiger partial charge in [0, 0.05) is 16.9 Å². The van der Waals surface area contributed by atoms with E-state index in [-0.39, 0.29) is 11.6 Å². The highest BCUT2D eigenvalue weighted by Crippen LogP contribution is 2.37. The monoisotopic (exact) mass is 404 g/mol. The van der Waals surface area contributed by atoms with Crippen molar-refractivity contribution >= 4 is 19.7 Å². The summed E-state index contributed by atoms with van der Waals surface area (Å²) in [6.45, 7) is 16.6. The van der Waals surface area contributed by atoms with Gasteiger partial charge in [-0.3, -0.25) is 0 Å². The maximum atomic E-state index is 13.8. The minimum absolute atomic E-state index is 0.0327. The Morgan fingerprint density at radius 3 is 2.31 bits per heavy atom. The van der Waals surface area contributed by atoms with E-state index in [0.717, 1.165) is 6.20 Å². The lowest BCUT2D eigenvalue weighted by Gasteiger charge is -2.37. The molecule has 0 aliphatic rings. The largest absolute Gasteiger partial charge is 0.598 e. The summed E-state index contributed by atoms with van der Waals surface area (Å²) in [5.41, 5.74) is 0.504. The van der Waals surface area contributed by atoms with Crippen LogP contribution in [0.2, 0.25) is 18.1 Å². The Morgan fingerprint density at radius 2 is 1.85 bits per heavy atom. The summed E-state index contributed by atoms with van der Waals surface area (Å²) in [4.78, 5) is 4.00. The second-order valence-corrected chi connectivity index (χ2v) is 15.7. The third-order valence-electron chi connectivity index (χ3n) is 4.64. The highest BCUT2D eigenvalue weighted by Gasteiger charge is 2.39. The number of aromatic nitrogens is 1. The van der Waals surface area contributed by atoms with Crippen molar-refractivity contribution in [1.82, 2.24) is 9.71 Å². The molecule has 8 heteroatoms. The number of hydrogen-bond donors (Lipinski definition) is 1. The minimum atomic E-state index is -2.03. The van der Waals surface area contributed by atoms with Crippen molar-refractivity contribution in [2.45, 2.75) is 70.5 Å². The standard InChI is InChI=1S/C18H33FN2O3SSi/c1-17(2,3)25(22)21-15(12-24-26(8,9)18(4,5)6)14-10-13(19)11-20-16(14)23-7/h10-11,15,21H,12H2,1-9H3/t15-,25+/m1/s1. The van der Waals surface area contributed by atoms with E-state index >= 15 is 0 Å². The van der Waals surface area contributed by atoms with Gasteiger partial charge in [0.05, 0.1) is 19.9 Å². The molecule has 1 heterocycles. The fraction of sp³-hybridized carbons (Fsp3) is 0.722. The van der Waals surface area contributed by atoms with Crippen molar-refractivity contribution in [3.63, 3.8) is 0 Å². The van der Waals surface area contributed by atoms with Gasteiger partial charge in [-0.15, -0.1) is 4.72 Å². The molecule has 0 saturated carbocycles. The average Bonchev–Trinajstić information content (AvgIpc) is 2.49. The number of ether oxygens (including phenoxy) is 1. The van der Waals surface area contributed by atoms with Crippen molar-refractivity contribution in [3.8, 4) is 5.88 Å². The summed E-state index contributed by atoms with van der Waals surface area (Å²) in [5.74, 6) is -0.171. The topological polar surface area (TPSA) is 66.4 Å². The molecule has 0 unspecified atom stereocenters. The first kappa shape index (κ1) is 23.4. The molecule has 1 aromatic rings. The molecule has 5 nitrogen and oxygen atoms in total. The van der Waals surface area contributed by atoms with Crippen molar-refractivity contribution in [1.29, 1.82) is 0 Å². The lowest BCUT2D eigenvalue weighted by Crippen LogP contribution is -2.46. The molecule has 1 rings (SSSR count). The normalized spacial score (nSPS) is 15.7. The summed E-state index contributed by atoms with van der Waals surface area (Å²) < 4.78 is 40.7. The lowest BCUT2D eigenvalue weighted by atomic mass is 10.1. The molecular formula is C18H33FN2O3SSi. The quantitative estimate of drug-likeness (QED) is 0.541. The predicted molar refractivity (Wildman–Crippen MR) is 108 cm³/mol. The fourth-order valence-corrected chi connectivity index (χ4v) is 3.69. The van der Waals surface area contributed by atoms with Crippen LogP contribution >= 0.6 is 0 Å². The second kappa shape index (κ2) is 8.56. The van der Waals surface area contributed by atoms with E-state index in [1.54, 1.807) is 0 Å². The molecule has 0 bridgehead atoms. The molecule has 0 saturated heterocycles. The van der Waals surface area contributed by atoms with Crippen LogP contribution in [0.3, 0.4) is 0 Å². The van der Waals surface area contributed by atoms with E-state index in [2.05, 4.69) is 43.6 Å². The lowest BCUT2D eigenvalue weighted by molar-refractivity contribution is 0.252. The van der Waals surface area contributed by atoms with Crippen molar-refractivity contribution in [2.75, 3.05) is 13.7 Å². The Balaban J connectivity index is 3.17. The van der Waals surface area contributed by atoms with Gasteiger partial charge in [0.25, 0.3) is 0 Å². The van der Waals surface area contributed by atoms with Crippen LogP contribution in [0, 0.1) is 5.82 Å². The van der Waals surface area contributed by atoms with E-state index in [9.17, 15) is 8.94 Å². The highest BCUT2D eigenvalue weighted by atomic mass is 32.2. The molecule has 0 radical (unpaired) electrons. The number of halogens is 1. The van der Waals surface area contributed by atoms with Crippen LogP contribution in [-0.2, 0) is 15.8 Å². The molecule has 0 aliphatic carbocycles. The Bertz CT molecular complexity index is 603. The first-order valence-electron chi connectivity index (χ1n) is 8.70. The van der Waals surface area contributed by atoms with Crippen molar-refractivity contribution in [3.05, 3.63) is 23.6 Å². The van der Waals surface area contributed by atoms with Crippen LogP contribution in [0.5, 0.6) is 5.88 Å². The van der Waals surface area contributed by atoms with Gasteiger partial charge in [-0.25, -0.2) is 9.37 Å². The highest BCUT2D eigenvalue weighted by molar-refractivity contribution is 7.90. The predicted octanol–water partition coefficient (Wildman–Crippen LogP) is 4.34. The molecule has 1 N–H and O–H groups in total. The van der Waals surface area contributed by atoms with Gasteiger partial charge in [0.15, 0.2) is 8.32 Å². The van der Waals surface area contributed by atoms with E-state index in [1.165, 1.54) is 13.2 Å². The minimum Gasteiger partial charge on any atom is -0.598 e. The van der Waals surface area contributed by atoms with Gasteiger partial charge in [-0.2, -0.15) is 0 Å². The molecule has 0 amide bonds. The summed E-state index contributed by atoms with van der Waals surface area (Å²) in [6, 6.07) is 0.862. The third kappa shape index (κ3) is 6.19. The summed E-state index contributed by atoms with van der Waals surface area (Å²) in [6.07, 6.45) is 1.11. The van der Waals surface area contributed by atoms with Gasteiger partial charge in [-0.05, 0) is 45.0 Å². The maximum Gasteiger partial charge on any atom is 0.218 e. The SMILES string of the molecule is COc1ncc(F)cc1[C@@H](CO[Si](C)(C)C(C)(C)C)N[S@@+]([O-])C(C)(C)C. The van der Waals surface area contributed by atoms with Crippen molar-refractivity contribution in [2.24, 2.45) is 0 Å². The van der Waals surface area contributed by atoms with Gasteiger partial charge in [0.2, 0.25) is 5.88 Å².